The largest absolute Gasteiger partial charge is 0.381 e. The fourth-order valence-corrected chi connectivity index (χ4v) is 3.51. The van der Waals surface area contributed by atoms with E-state index in [4.69, 9.17) is 4.74 Å². The summed E-state index contributed by atoms with van der Waals surface area (Å²) in [6.07, 6.45) is 4.39. The monoisotopic (exact) mass is 334 g/mol. The lowest BCUT2D eigenvalue weighted by Gasteiger charge is -2.24. The van der Waals surface area contributed by atoms with E-state index in [0.29, 0.717) is 24.4 Å². The lowest BCUT2D eigenvalue weighted by atomic mass is 10.0. The van der Waals surface area contributed by atoms with Gasteiger partial charge in [-0.05, 0) is 32.1 Å². The zero-order valence-corrected chi connectivity index (χ0v) is 14.7. The first-order chi connectivity index (χ1) is 11.5. The summed E-state index contributed by atoms with van der Waals surface area (Å²) in [5.41, 5.74) is 1.46. The van der Waals surface area contributed by atoms with E-state index in [1.54, 1.807) is 30.1 Å². The number of aromatic nitrogens is 2. The third kappa shape index (κ3) is 3.17. The quantitative estimate of drug-likeness (QED) is 0.821. The van der Waals surface area contributed by atoms with Crippen molar-refractivity contribution in [2.75, 3.05) is 33.9 Å². The zero-order chi connectivity index (χ0) is 17.3. The number of likely N-dealkylation sites (N-methyl/N-ethyl adjacent to an activating group) is 2. The Labute approximate surface area is 142 Å². The molecular formula is C17H26N4O3. The van der Waals surface area contributed by atoms with Gasteiger partial charge in [0.15, 0.2) is 0 Å². The van der Waals surface area contributed by atoms with Gasteiger partial charge in [-0.1, -0.05) is 0 Å². The molecule has 0 saturated carbocycles. The van der Waals surface area contributed by atoms with Gasteiger partial charge in [-0.3, -0.25) is 14.3 Å². The van der Waals surface area contributed by atoms with Crippen LogP contribution in [0.1, 0.15) is 35.3 Å². The lowest BCUT2D eigenvalue weighted by Crippen LogP contribution is -2.42. The first kappa shape index (κ1) is 17.0. The van der Waals surface area contributed by atoms with Gasteiger partial charge < -0.3 is 14.5 Å². The van der Waals surface area contributed by atoms with Gasteiger partial charge in [-0.15, -0.1) is 0 Å². The highest BCUT2D eigenvalue weighted by molar-refractivity contribution is 5.98. The van der Waals surface area contributed by atoms with E-state index in [1.807, 2.05) is 11.6 Å². The maximum Gasteiger partial charge on any atom is 0.257 e. The van der Waals surface area contributed by atoms with Crippen LogP contribution in [0.15, 0.2) is 6.20 Å². The van der Waals surface area contributed by atoms with Crippen LogP contribution in [0.25, 0.3) is 0 Å². The Morgan fingerprint density at radius 3 is 2.71 bits per heavy atom. The van der Waals surface area contributed by atoms with Crippen molar-refractivity contribution in [3.05, 3.63) is 17.5 Å². The Morgan fingerprint density at radius 2 is 2.08 bits per heavy atom. The Balaban J connectivity index is 1.70. The molecule has 24 heavy (non-hydrogen) atoms. The molecule has 7 heteroatoms. The lowest BCUT2D eigenvalue weighted by molar-refractivity contribution is -0.130. The highest BCUT2D eigenvalue weighted by Crippen LogP contribution is 2.21. The second kappa shape index (κ2) is 6.93. The molecule has 1 unspecified atom stereocenters. The number of amides is 2. The molecule has 0 N–H and O–H groups in total. The third-order valence-electron chi connectivity index (χ3n) is 5.29. The topological polar surface area (TPSA) is 67.7 Å². The van der Waals surface area contributed by atoms with E-state index < -0.39 is 0 Å². The fourth-order valence-electron chi connectivity index (χ4n) is 3.51. The minimum absolute atomic E-state index is 0.0121. The summed E-state index contributed by atoms with van der Waals surface area (Å²) in [4.78, 5) is 28.2. The van der Waals surface area contributed by atoms with Crippen molar-refractivity contribution in [3.63, 3.8) is 0 Å². The first-order valence-electron chi connectivity index (χ1n) is 8.61. The van der Waals surface area contributed by atoms with Crippen molar-refractivity contribution in [2.24, 2.45) is 5.92 Å². The molecule has 0 aromatic carbocycles. The zero-order valence-electron chi connectivity index (χ0n) is 14.7. The molecule has 1 aromatic rings. The van der Waals surface area contributed by atoms with Crippen LogP contribution in [-0.4, -0.2) is 71.3 Å². The van der Waals surface area contributed by atoms with E-state index >= 15 is 0 Å². The van der Waals surface area contributed by atoms with Crippen LogP contribution in [0.4, 0.5) is 0 Å². The maximum absolute atomic E-state index is 12.8. The Hall–Kier alpha value is -1.89. The molecule has 1 aromatic heterocycles. The van der Waals surface area contributed by atoms with Crippen LogP contribution in [0.2, 0.25) is 0 Å². The summed E-state index contributed by atoms with van der Waals surface area (Å²) >= 11 is 0. The van der Waals surface area contributed by atoms with Gasteiger partial charge in [0.2, 0.25) is 5.91 Å². The second-order valence-corrected chi connectivity index (χ2v) is 6.86. The summed E-state index contributed by atoms with van der Waals surface area (Å²) in [6.45, 7) is 5.05. The number of likely N-dealkylation sites (tertiary alicyclic amines) is 1. The summed E-state index contributed by atoms with van der Waals surface area (Å²) in [5.74, 6) is 0.431. The molecule has 2 aliphatic heterocycles. The molecule has 0 radical (unpaired) electrons. The number of carbonyl (C=O) groups is 2. The molecule has 1 atom stereocenters. The molecule has 2 saturated heterocycles. The molecule has 2 amide bonds. The average molecular weight is 334 g/mol. The summed E-state index contributed by atoms with van der Waals surface area (Å²) < 4.78 is 7.31. The third-order valence-corrected chi connectivity index (χ3v) is 5.29. The van der Waals surface area contributed by atoms with Gasteiger partial charge in [-0.25, -0.2) is 0 Å². The van der Waals surface area contributed by atoms with E-state index in [2.05, 4.69) is 5.10 Å². The SMILES string of the molecule is Cc1c(C(=O)N(C)C2CCN(C)C2=O)cnn1CC1CCOCC1. The average Bonchev–Trinajstić information content (AvgIpc) is 3.11. The van der Waals surface area contributed by atoms with Gasteiger partial charge in [0.05, 0.1) is 11.8 Å². The van der Waals surface area contributed by atoms with Gasteiger partial charge in [0, 0.05) is 46.1 Å². The van der Waals surface area contributed by atoms with Gasteiger partial charge in [-0.2, -0.15) is 5.10 Å². The number of carbonyl (C=O) groups excluding carboxylic acids is 2. The molecule has 2 fully saturated rings. The minimum atomic E-state index is -0.360. The number of hydrogen-bond acceptors (Lipinski definition) is 4. The second-order valence-electron chi connectivity index (χ2n) is 6.86. The van der Waals surface area contributed by atoms with Crippen molar-refractivity contribution < 1.29 is 14.3 Å². The summed E-state index contributed by atoms with van der Waals surface area (Å²) in [6, 6.07) is -0.360. The predicted octanol–water partition coefficient (Wildman–Crippen LogP) is 0.921. The number of hydrogen-bond donors (Lipinski definition) is 0. The van der Waals surface area contributed by atoms with Crippen LogP contribution in [0.3, 0.4) is 0 Å². The van der Waals surface area contributed by atoms with E-state index in [0.717, 1.165) is 38.3 Å². The van der Waals surface area contributed by atoms with E-state index in [9.17, 15) is 9.59 Å². The number of ether oxygens (including phenoxy) is 1. The highest BCUT2D eigenvalue weighted by Gasteiger charge is 2.35. The van der Waals surface area contributed by atoms with Gasteiger partial charge in [0.1, 0.15) is 6.04 Å². The number of rotatable bonds is 4. The van der Waals surface area contributed by atoms with Crippen molar-refractivity contribution in [1.29, 1.82) is 0 Å². The molecule has 3 rings (SSSR count). The van der Waals surface area contributed by atoms with Crippen LogP contribution in [0.5, 0.6) is 0 Å². The minimum Gasteiger partial charge on any atom is -0.381 e. The fraction of sp³-hybridized carbons (Fsp3) is 0.706. The van der Waals surface area contributed by atoms with Crippen molar-refractivity contribution in [2.45, 2.75) is 38.8 Å². The molecule has 0 aliphatic carbocycles. The van der Waals surface area contributed by atoms with Crippen LogP contribution in [-0.2, 0) is 16.1 Å². The Bertz CT molecular complexity index is 621. The predicted molar refractivity (Wildman–Crippen MR) is 88.6 cm³/mol. The van der Waals surface area contributed by atoms with E-state index in [-0.39, 0.29) is 17.9 Å². The van der Waals surface area contributed by atoms with Crippen molar-refractivity contribution in [3.8, 4) is 0 Å². The van der Waals surface area contributed by atoms with Gasteiger partial charge >= 0.3 is 0 Å². The van der Waals surface area contributed by atoms with Crippen LogP contribution in [0, 0.1) is 12.8 Å². The first-order valence-corrected chi connectivity index (χ1v) is 8.61. The Morgan fingerprint density at radius 1 is 1.38 bits per heavy atom. The molecule has 132 valence electrons. The normalized spacial score (nSPS) is 22.2. The molecular weight excluding hydrogens is 308 g/mol. The standard InChI is InChI=1S/C17H26N4O3/c1-12-14(10-18-21(12)11-13-5-8-24-9-6-13)16(22)20(3)15-4-7-19(2)17(15)23/h10,13,15H,4-9,11H2,1-3H3. The molecule has 0 bridgehead atoms. The van der Waals surface area contributed by atoms with Crippen molar-refractivity contribution in [1.82, 2.24) is 19.6 Å². The molecule has 7 nitrogen and oxygen atoms in total. The Kier molecular flexibility index (Phi) is 4.89. The van der Waals surface area contributed by atoms with Crippen LogP contribution >= 0.6 is 0 Å². The summed E-state index contributed by atoms with van der Waals surface area (Å²) in [5, 5.41) is 4.41. The van der Waals surface area contributed by atoms with Crippen molar-refractivity contribution >= 4 is 11.8 Å². The maximum atomic E-state index is 12.8. The highest BCUT2D eigenvalue weighted by atomic mass is 16.5. The summed E-state index contributed by atoms with van der Waals surface area (Å²) in [7, 11) is 3.48. The smallest absolute Gasteiger partial charge is 0.257 e. The van der Waals surface area contributed by atoms with Gasteiger partial charge in [0.25, 0.3) is 5.91 Å². The number of nitrogens with zero attached hydrogens (tertiary/aromatic N) is 4. The van der Waals surface area contributed by atoms with Crippen LogP contribution < -0.4 is 0 Å². The van der Waals surface area contributed by atoms with E-state index in [1.165, 1.54) is 0 Å². The molecule has 0 spiro atoms. The molecule has 2 aliphatic rings. The molecule has 3 heterocycles.